The van der Waals surface area contributed by atoms with Crippen LogP contribution in [0.3, 0.4) is 0 Å². The summed E-state index contributed by atoms with van der Waals surface area (Å²) < 4.78 is 10.9. The molecule has 0 unspecified atom stereocenters. The summed E-state index contributed by atoms with van der Waals surface area (Å²) in [7, 11) is 0. The van der Waals surface area contributed by atoms with Crippen molar-refractivity contribution in [1.29, 1.82) is 0 Å². The molecule has 31 heavy (non-hydrogen) atoms. The van der Waals surface area contributed by atoms with Gasteiger partial charge in [0.2, 0.25) is 0 Å². The average Bonchev–Trinajstić information content (AvgIpc) is 2.71. The lowest BCUT2D eigenvalue weighted by atomic mass is 9.53. The van der Waals surface area contributed by atoms with Crippen LogP contribution in [0.2, 0.25) is 0 Å². The third kappa shape index (κ3) is 5.35. The van der Waals surface area contributed by atoms with E-state index in [-0.39, 0.29) is 35.7 Å². The van der Waals surface area contributed by atoms with Gasteiger partial charge in [0, 0.05) is 11.6 Å². The van der Waals surface area contributed by atoms with E-state index in [0.29, 0.717) is 36.0 Å². The third-order valence-corrected chi connectivity index (χ3v) is 7.13. The third-order valence-electron chi connectivity index (χ3n) is 7.13. The SMILES string of the molecule is C/C=C(/C)C(=O)OC/C(C)=C\C(=O)O[C@@H]1CC[C@H]2[C@H](O)C(=O)C(=C(C)C)C[C@]2(C)[C@H]1C. The van der Waals surface area contributed by atoms with Gasteiger partial charge >= 0.3 is 11.9 Å². The molecule has 6 nitrogen and oxygen atoms in total. The predicted molar refractivity (Wildman–Crippen MR) is 118 cm³/mol. The van der Waals surface area contributed by atoms with Gasteiger partial charge < -0.3 is 14.6 Å². The summed E-state index contributed by atoms with van der Waals surface area (Å²) in [6.07, 6.45) is 3.55. The van der Waals surface area contributed by atoms with Crippen LogP contribution >= 0.6 is 0 Å². The molecule has 0 aliphatic heterocycles. The number of ether oxygens (including phenoxy) is 2. The van der Waals surface area contributed by atoms with Gasteiger partial charge in [-0.15, -0.1) is 0 Å². The molecular weight excluding hydrogens is 396 g/mol. The van der Waals surface area contributed by atoms with E-state index in [2.05, 4.69) is 6.92 Å². The highest BCUT2D eigenvalue weighted by molar-refractivity contribution is 6.00. The molecular formula is C25H36O6. The van der Waals surface area contributed by atoms with E-state index < -0.39 is 18.0 Å². The van der Waals surface area contributed by atoms with Gasteiger partial charge in [0.25, 0.3) is 0 Å². The molecule has 0 aromatic heterocycles. The summed E-state index contributed by atoms with van der Waals surface area (Å²) in [5.41, 5.74) is 2.40. The highest BCUT2D eigenvalue weighted by Gasteiger charge is 2.55. The molecule has 1 N–H and O–H groups in total. The number of esters is 2. The zero-order valence-corrected chi connectivity index (χ0v) is 19.8. The minimum Gasteiger partial charge on any atom is -0.459 e. The molecule has 0 radical (unpaired) electrons. The number of hydrogen-bond donors (Lipinski definition) is 1. The number of aliphatic hydroxyl groups excluding tert-OH is 1. The van der Waals surface area contributed by atoms with E-state index in [1.54, 1.807) is 26.8 Å². The topological polar surface area (TPSA) is 89.9 Å². The molecule has 0 bridgehead atoms. The number of fused-ring (bicyclic) bond motifs is 1. The van der Waals surface area contributed by atoms with Crippen molar-refractivity contribution in [3.8, 4) is 0 Å². The average molecular weight is 433 g/mol. The highest BCUT2D eigenvalue weighted by atomic mass is 16.5. The van der Waals surface area contributed by atoms with Crippen molar-refractivity contribution >= 4 is 17.7 Å². The van der Waals surface area contributed by atoms with Crippen LogP contribution in [0.1, 0.15) is 67.7 Å². The number of aliphatic hydroxyl groups is 1. The van der Waals surface area contributed by atoms with Gasteiger partial charge in [0.05, 0.1) is 0 Å². The molecule has 0 heterocycles. The fourth-order valence-electron chi connectivity index (χ4n) is 4.75. The molecule has 0 aromatic carbocycles. The predicted octanol–water partition coefficient (Wildman–Crippen LogP) is 4.08. The van der Waals surface area contributed by atoms with E-state index in [0.717, 1.165) is 5.57 Å². The largest absolute Gasteiger partial charge is 0.459 e. The van der Waals surface area contributed by atoms with Crippen molar-refractivity contribution in [3.05, 3.63) is 34.4 Å². The Morgan fingerprint density at radius 3 is 2.42 bits per heavy atom. The fourth-order valence-corrected chi connectivity index (χ4v) is 4.75. The zero-order chi connectivity index (χ0) is 23.5. The Balaban J connectivity index is 2.07. The first kappa shape index (κ1) is 25.1. The maximum absolute atomic E-state index is 12.6. The van der Waals surface area contributed by atoms with E-state index in [4.69, 9.17) is 9.47 Å². The molecule has 172 valence electrons. The fraction of sp³-hybridized carbons (Fsp3) is 0.640. The molecule has 0 amide bonds. The minimum atomic E-state index is -1.000. The second-order valence-corrected chi connectivity index (χ2v) is 9.46. The van der Waals surface area contributed by atoms with Crippen molar-refractivity contribution in [1.82, 2.24) is 0 Å². The summed E-state index contributed by atoms with van der Waals surface area (Å²) in [5, 5.41) is 10.7. The Bertz CT molecular complexity index is 829. The van der Waals surface area contributed by atoms with Crippen molar-refractivity contribution in [2.45, 2.75) is 79.9 Å². The summed E-state index contributed by atoms with van der Waals surface area (Å²) in [6, 6.07) is 0. The van der Waals surface area contributed by atoms with Crippen LogP contribution in [-0.2, 0) is 23.9 Å². The molecule has 5 atom stereocenters. The second-order valence-electron chi connectivity index (χ2n) is 9.46. The minimum absolute atomic E-state index is 0.0174. The summed E-state index contributed by atoms with van der Waals surface area (Å²) in [6.45, 7) is 13.1. The Morgan fingerprint density at radius 2 is 1.84 bits per heavy atom. The van der Waals surface area contributed by atoms with E-state index >= 15 is 0 Å². The molecule has 0 spiro atoms. The zero-order valence-electron chi connectivity index (χ0n) is 19.8. The van der Waals surface area contributed by atoms with Crippen molar-refractivity contribution in [2.75, 3.05) is 6.61 Å². The lowest BCUT2D eigenvalue weighted by molar-refractivity contribution is -0.164. The van der Waals surface area contributed by atoms with Gasteiger partial charge in [0.15, 0.2) is 5.78 Å². The Labute approximate surface area is 185 Å². The van der Waals surface area contributed by atoms with Crippen LogP contribution in [0, 0.1) is 17.3 Å². The summed E-state index contributed by atoms with van der Waals surface area (Å²) in [5.74, 6) is -1.20. The number of allylic oxidation sites excluding steroid dienone is 2. The monoisotopic (exact) mass is 432 g/mol. The Hall–Kier alpha value is -2.21. The summed E-state index contributed by atoms with van der Waals surface area (Å²) in [4.78, 5) is 36.8. The van der Waals surface area contributed by atoms with Gasteiger partial charge in [-0.3, -0.25) is 4.79 Å². The van der Waals surface area contributed by atoms with Crippen LogP contribution < -0.4 is 0 Å². The van der Waals surface area contributed by atoms with Crippen LogP contribution in [0.5, 0.6) is 0 Å². The van der Waals surface area contributed by atoms with Gasteiger partial charge in [-0.25, -0.2) is 9.59 Å². The van der Waals surface area contributed by atoms with Gasteiger partial charge in [-0.05, 0) is 82.3 Å². The molecule has 6 heteroatoms. The first-order chi connectivity index (χ1) is 14.4. The van der Waals surface area contributed by atoms with Crippen LogP contribution in [0.25, 0.3) is 0 Å². The second kappa shape index (κ2) is 9.94. The van der Waals surface area contributed by atoms with Gasteiger partial charge in [-0.1, -0.05) is 25.5 Å². The molecule has 0 aromatic rings. The Morgan fingerprint density at radius 1 is 1.19 bits per heavy atom. The molecule has 2 saturated carbocycles. The number of carbonyl (C=O) groups excluding carboxylic acids is 3. The molecule has 0 saturated heterocycles. The number of carbonyl (C=O) groups is 3. The number of Topliss-reactive ketones (excluding diaryl/α,β-unsaturated/α-hetero) is 1. The summed E-state index contributed by atoms with van der Waals surface area (Å²) >= 11 is 0. The number of hydrogen-bond acceptors (Lipinski definition) is 6. The van der Waals surface area contributed by atoms with Crippen LogP contribution in [-0.4, -0.2) is 41.6 Å². The smallest absolute Gasteiger partial charge is 0.333 e. The number of rotatable bonds is 5. The highest BCUT2D eigenvalue weighted by Crippen LogP contribution is 2.54. The van der Waals surface area contributed by atoms with Crippen LogP contribution in [0.15, 0.2) is 34.4 Å². The lowest BCUT2D eigenvalue weighted by Crippen LogP contribution is -2.55. The van der Waals surface area contributed by atoms with E-state index in [9.17, 15) is 19.5 Å². The normalized spacial score (nSPS) is 31.7. The van der Waals surface area contributed by atoms with Gasteiger partial charge in [-0.2, -0.15) is 0 Å². The molecule has 2 aliphatic carbocycles. The van der Waals surface area contributed by atoms with Crippen molar-refractivity contribution in [2.24, 2.45) is 17.3 Å². The van der Waals surface area contributed by atoms with Crippen molar-refractivity contribution in [3.63, 3.8) is 0 Å². The van der Waals surface area contributed by atoms with Crippen LogP contribution in [0.4, 0.5) is 0 Å². The first-order valence-electron chi connectivity index (χ1n) is 11.0. The standard InChI is InChI=1S/C25H36O6/c1-8-16(5)24(29)30-13-15(4)11-21(26)31-20-10-9-19-23(28)22(27)18(14(2)3)12-25(19,7)17(20)6/h8,11,17,19-20,23,28H,9-10,12-13H2,1-7H3/b15-11-,16-8-/t17-,19-,20+,23-,25+/m0/s1. The maximum atomic E-state index is 12.6. The molecule has 2 fully saturated rings. The quantitative estimate of drug-likeness (QED) is 0.520. The maximum Gasteiger partial charge on any atom is 0.333 e. The van der Waals surface area contributed by atoms with Crippen molar-refractivity contribution < 1.29 is 29.0 Å². The Kier molecular flexibility index (Phi) is 8.04. The van der Waals surface area contributed by atoms with E-state index in [1.165, 1.54) is 6.08 Å². The number of ketones is 1. The first-order valence-corrected chi connectivity index (χ1v) is 11.0. The van der Waals surface area contributed by atoms with Gasteiger partial charge in [0.1, 0.15) is 18.8 Å². The molecule has 2 rings (SSSR count). The lowest BCUT2D eigenvalue weighted by Gasteiger charge is -2.53. The van der Waals surface area contributed by atoms with E-state index in [1.807, 2.05) is 20.8 Å². The molecule has 2 aliphatic rings.